The number of aromatic nitrogens is 2. The smallest absolute Gasteiger partial charge is 0.119 e. The summed E-state index contributed by atoms with van der Waals surface area (Å²) in [6.45, 7) is 7.62. The molecule has 6 heteroatoms. The van der Waals surface area contributed by atoms with Gasteiger partial charge in [0.05, 0.1) is 11.8 Å². The standard InChI is InChI=1S/C29H36N4O2/c1-2-6-24(7-3-1)19-32-13-14-33(22-26(21-32)16-27-18-30-11-12-31-27)20-25-8-4-9-28(17-25)35-23-29-10-5-15-34-29/h1-4,6-9,11-12,17-18,26,29H,5,10,13-16,19-23H2/t26-,29+/m0/s1. The van der Waals surface area contributed by atoms with Gasteiger partial charge in [-0.25, -0.2) is 0 Å². The molecule has 0 amide bonds. The van der Waals surface area contributed by atoms with Crippen molar-refractivity contribution in [2.75, 3.05) is 39.4 Å². The van der Waals surface area contributed by atoms with E-state index < -0.39 is 0 Å². The van der Waals surface area contributed by atoms with E-state index in [9.17, 15) is 0 Å². The first-order valence-corrected chi connectivity index (χ1v) is 12.9. The number of ether oxygens (including phenoxy) is 2. The fourth-order valence-electron chi connectivity index (χ4n) is 5.20. The Morgan fingerprint density at radius 2 is 1.71 bits per heavy atom. The SMILES string of the molecule is c1ccc(CN2CCN(Cc3cccc(OC[C@H]4CCCO4)c3)C[C@@H](Cc3cnccn3)C2)cc1. The fraction of sp³-hybridized carbons (Fsp3) is 0.448. The zero-order valence-electron chi connectivity index (χ0n) is 20.5. The molecule has 2 fully saturated rings. The second kappa shape index (κ2) is 12.2. The summed E-state index contributed by atoms with van der Waals surface area (Å²) in [5, 5.41) is 0. The molecule has 3 aromatic rings. The third-order valence-corrected chi connectivity index (χ3v) is 6.89. The van der Waals surface area contributed by atoms with Gasteiger partial charge in [0.1, 0.15) is 12.4 Å². The predicted octanol–water partition coefficient (Wildman–Crippen LogP) is 4.21. The fourth-order valence-corrected chi connectivity index (χ4v) is 5.20. The average Bonchev–Trinajstić information content (AvgIpc) is 3.34. The van der Waals surface area contributed by atoms with Gasteiger partial charge in [0, 0.05) is 64.5 Å². The highest BCUT2D eigenvalue weighted by molar-refractivity contribution is 5.28. The minimum atomic E-state index is 0.238. The van der Waals surface area contributed by atoms with Crippen LogP contribution in [0.15, 0.2) is 73.2 Å². The van der Waals surface area contributed by atoms with Gasteiger partial charge in [-0.2, -0.15) is 0 Å². The summed E-state index contributed by atoms with van der Waals surface area (Å²) in [7, 11) is 0. The van der Waals surface area contributed by atoms with E-state index in [1.807, 2.05) is 6.20 Å². The van der Waals surface area contributed by atoms with Gasteiger partial charge < -0.3 is 9.47 Å². The monoisotopic (exact) mass is 472 g/mol. The molecular formula is C29H36N4O2. The van der Waals surface area contributed by atoms with Gasteiger partial charge in [-0.3, -0.25) is 19.8 Å². The molecular weight excluding hydrogens is 436 g/mol. The average molecular weight is 473 g/mol. The minimum Gasteiger partial charge on any atom is -0.491 e. The molecule has 0 saturated carbocycles. The molecule has 0 bridgehead atoms. The summed E-state index contributed by atoms with van der Waals surface area (Å²) in [5.74, 6) is 1.44. The Bertz CT molecular complexity index is 1030. The molecule has 6 nitrogen and oxygen atoms in total. The summed E-state index contributed by atoms with van der Waals surface area (Å²) in [6.07, 6.45) is 8.87. The Kier molecular flexibility index (Phi) is 8.37. The molecule has 2 aromatic carbocycles. The molecule has 0 spiro atoms. The molecule has 2 atom stereocenters. The Labute approximate surface area is 208 Å². The second-order valence-electron chi connectivity index (χ2n) is 9.82. The van der Waals surface area contributed by atoms with Crippen molar-refractivity contribution in [2.45, 2.75) is 38.5 Å². The van der Waals surface area contributed by atoms with Crippen LogP contribution >= 0.6 is 0 Å². The van der Waals surface area contributed by atoms with Crippen LogP contribution in [0, 0.1) is 5.92 Å². The van der Waals surface area contributed by atoms with Crippen molar-refractivity contribution in [3.8, 4) is 5.75 Å². The number of benzene rings is 2. The van der Waals surface area contributed by atoms with E-state index in [4.69, 9.17) is 9.47 Å². The van der Waals surface area contributed by atoms with Crippen LogP contribution in [0.4, 0.5) is 0 Å². The zero-order chi connectivity index (χ0) is 23.7. The van der Waals surface area contributed by atoms with E-state index in [1.165, 1.54) is 11.1 Å². The normalized spacial score (nSPS) is 21.6. The topological polar surface area (TPSA) is 50.7 Å². The molecule has 2 aliphatic heterocycles. The van der Waals surface area contributed by atoms with Crippen LogP contribution in [0.25, 0.3) is 0 Å². The summed E-state index contributed by atoms with van der Waals surface area (Å²) >= 11 is 0. The number of hydrogen-bond acceptors (Lipinski definition) is 6. The van der Waals surface area contributed by atoms with Crippen molar-refractivity contribution in [1.29, 1.82) is 0 Å². The molecule has 0 unspecified atom stereocenters. The van der Waals surface area contributed by atoms with Gasteiger partial charge >= 0.3 is 0 Å². The molecule has 0 radical (unpaired) electrons. The van der Waals surface area contributed by atoms with E-state index in [2.05, 4.69) is 74.4 Å². The lowest BCUT2D eigenvalue weighted by atomic mass is 10.0. The Morgan fingerprint density at radius 3 is 2.46 bits per heavy atom. The van der Waals surface area contributed by atoms with E-state index >= 15 is 0 Å². The molecule has 184 valence electrons. The van der Waals surface area contributed by atoms with Crippen LogP contribution in [0.3, 0.4) is 0 Å². The maximum absolute atomic E-state index is 6.06. The lowest BCUT2D eigenvalue weighted by molar-refractivity contribution is 0.0679. The van der Waals surface area contributed by atoms with Crippen LogP contribution < -0.4 is 4.74 Å². The van der Waals surface area contributed by atoms with Crippen LogP contribution in [-0.2, 0) is 24.2 Å². The van der Waals surface area contributed by atoms with E-state index in [1.54, 1.807) is 12.4 Å². The third-order valence-electron chi connectivity index (χ3n) is 6.89. The van der Waals surface area contributed by atoms with Gasteiger partial charge in [-0.1, -0.05) is 42.5 Å². The minimum absolute atomic E-state index is 0.238. The largest absolute Gasteiger partial charge is 0.491 e. The summed E-state index contributed by atoms with van der Waals surface area (Å²) in [4.78, 5) is 14.0. The van der Waals surface area contributed by atoms with E-state index in [0.29, 0.717) is 12.5 Å². The Morgan fingerprint density at radius 1 is 0.914 bits per heavy atom. The molecule has 5 rings (SSSR count). The zero-order valence-corrected chi connectivity index (χ0v) is 20.5. The molecule has 0 aliphatic carbocycles. The van der Waals surface area contributed by atoms with Crippen molar-refractivity contribution in [3.05, 3.63) is 90.0 Å². The highest BCUT2D eigenvalue weighted by Gasteiger charge is 2.24. The molecule has 1 aromatic heterocycles. The Hall–Kier alpha value is -2.80. The van der Waals surface area contributed by atoms with Crippen molar-refractivity contribution >= 4 is 0 Å². The van der Waals surface area contributed by atoms with E-state index in [0.717, 1.165) is 76.6 Å². The second-order valence-corrected chi connectivity index (χ2v) is 9.82. The number of rotatable bonds is 9. The maximum atomic E-state index is 6.06. The van der Waals surface area contributed by atoms with Gasteiger partial charge in [-0.15, -0.1) is 0 Å². The highest BCUT2D eigenvalue weighted by Crippen LogP contribution is 2.21. The maximum Gasteiger partial charge on any atom is 0.119 e. The van der Waals surface area contributed by atoms with Crippen molar-refractivity contribution in [3.63, 3.8) is 0 Å². The summed E-state index contributed by atoms with van der Waals surface area (Å²) in [6, 6.07) is 19.4. The first-order chi connectivity index (χ1) is 17.3. The molecule has 35 heavy (non-hydrogen) atoms. The third kappa shape index (κ3) is 7.34. The molecule has 2 saturated heterocycles. The quantitative estimate of drug-likeness (QED) is 0.465. The van der Waals surface area contributed by atoms with Gasteiger partial charge in [0.15, 0.2) is 0 Å². The van der Waals surface area contributed by atoms with Crippen molar-refractivity contribution in [2.24, 2.45) is 5.92 Å². The number of nitrogens with zero attached hydrogens (tertiary/aromatic N) is 4. The van der Waals surface area contributed by atoms with Crippen molar-refractivity contribution in [1.82, 2.24) is 19.8 Å². The van der Waals surface area contributed by atoms with E-state index in [-0.39, 0.29) is 6.10 Å². The van der Waals surface area contributed by atoms with Crippen molar-refractivity contribution < 1.29 is 9.47 Å². The predicted molar refractivity (Wildman–Crippen MR) is 137 cm³/mol. The van der Waals surface area contributed by atoms with Crippen LogP contribution in [0.1, 0.15) is 29.7 Å². The molecule has 2 aliphatic rings. The van der Waals surface area contributed by atoms with Crippen LogP contribution in [0.2, 0.25) is 0 Å². The lowest BCUT2D eigenvalue weighted by Crippen LogP contribution is -2.30. The highest BCUT2D eigenvalue weighted by atomic mass is 16.5. The summed E-state index contributed by atoms with van der Waals surface area (Å²) < 4.78 is 11.8. The van der Waals surface area contributed by atoms with Gasteiger partial charge in [0.25, 0.3) is 0 Å². The first kappa shape index (κ1) is 23.9. The Balaban J connectivity index is 1.24. The lowest BCUT2D eigenvalue weighted by Gasteiger charge is -2.24. The van der Waals surface area contributed by atoms with Crippen LogP contribution in [0.5, 0.6) is 5.75 Å². The van der Waals surface area contributed by atoms with Gasteiger partial charge in [-0.05, 0) is 48.4 Å². The molecule has 3 heterocycles. The van der Waals surface area contributed by atoms with Crippen LogP contribution in [-0.4, -0.2) is 65.3 Å². The number of hydrogen-bond donors (Lipinski definition) is 0. The van der Waals surface area contributed by atoms with Gasteiger partial charge in [0.2, 0.25) is 0 Å². The summed E-state index contributed by atoms with van der Waals surface area (Å²) in [5.41, 5.74) is 3.74. The first-order valence-electron chi connectivity index (χ1n) is 12.9. The molecule has 0 N–H and O–H groups in total.